The van der Waals surface area contributed by atoms with Crippen LogP contribution in [-0.2, 0) is 29.6 Å². The predicted molar refractivity (Wildman–Crippen MR) is 95.7 cm³/mol. The summed E-state index contributed by atoms with van der Waals surface area (Å²) in [7, 11) is -2.11. The molecule has 0 unspecified atom stereocenters. The summed E-state index contributed by atoms with van der Waals surface area (Å²) in [5.41, 5.74) is 0.824. The molecule has 0 radical (unpaired) electrons. The molecular weight excluding hydrogens is 345 g/mol. The summed E-state index contributed by atoms with van der Waals surface area (Å²) in [6.45, 7) is 7.07. The third-order valence-corrected chi connectivity index (χ3v) is 5.19. The van der Waals surface area contributed by atoms with Crippen molar-refractivity contribution in [1.29, 1.82) is 0 Å². The van der Waals surface area contributed by atoms with E-state index in [1.54, 1.807) is 39.8 Å². The summed E-state index contributed by atoms with van der Waals surface area (Å²) < 4.78 is 28.6. The van der Waals surface area contributed by atoms with Crippen molar-refractivity contribution in [2.75, 3.05) is 13.4 Å². The molecule has 0 saturated heterocycles. The maximum Gasteiger partial charge on any atom is 0.344 e. The highest BCUT2D eigenvalue weighted by atomic mass is 31.2. The molecule has 1 aromatic carbocycles. The van der Waals surface area contributed by atoms with Crippen molar-refractivity contribution < 1.29 is 28.3 Å². The Morgan fingerprint density at radius 3 is 2.08 bits per heavy atom. The molecule has 0 fully saturated rings. The fraction of sp³-hybridized carbons (Fsp3) is 0.588. The summed E-state index contributed by atoms with van der Waals surface area (Å²) in [4.78, 5) is 12.0. The Labute approximate surface area is 149 Å². The molecule has 0 bridgehead atoms. The first-order chi connectivity index (χ1) is 11.6. The van der Waals surface area contributed by atoms with E-state index in [1.807, 2.05) is 0 Å². The van der Waals surface area contributed by atoms with Gasteiger partial charge in [-0.25, -0.2) is 0 Å². The van der Waals surface area contributed by atoms with Crippen LogP contribution in [0.4, 0.5) is 0 Å². The standard InChI is InChI=1S/C17H28NO6P/c1-12(2)23-25(21,24-13(3)4)11-18-16(17(20)22-5)10-14-6-8-15(19)9-7-14/h6-9,12-13,16,18-19H,10-11H2,1-5H3/t16-/m0/s1. The topological polar surface area (TPSA) is 94.1 Å². The highest BCUT2D eigenvalue weighted by molar-refractivity contribution is 7.53. The molecule has 0 aliphatic rings. The normalized spacial score (nSPS) is 13.2. The molecule has 0 spiro atoms. The van der Waals surface area contributed by atoms with Crippen molar-refractivity contribution in [3.05, 3.63) is 29.8 Å². The zero-order valence-corrected chi connectivity index (χ0v) is 16.3. The van der Waals surface area contributed by atoms with Crippen molar-refractivity contribution in [2.45, 2.75) is 52.4 Å². The number of phenols is 1. The van der Waals surface area contributed by atoms with Crippen LogP contribution in [0.15, 0.2) is 24.3 Å². The Hall–Kier alpha value is -1.40. The number of carbonyl (C=O) groups is 1. The minimum atomic E-state index is -3.41. The van der Waals surface area contributed by atoms with Gasteiger partial charge < -0.3 is 18.9 Å². The van der Waals surface area contributed by atoms with Gasteiger partial charge in [0.05, 0.1) is 25.6 Å². The van der Waals surface area contributed by atoms with Crippen LogP contribution in [0.5, 0.6) is 5.75 Å². The number of ether oxygens (including phenoxy) is 1. The number of nitrogens with one attached hydrogen (secondary N) is 1. The van der Waals surface area contributed by atoms with Crippen LogP contribution >= 0.6 is 7.60 Å². The Morgan fingerprint density at radius 2 is 1.64 bits per heavy atom. The average Bonchev–Trinajstić information content (AvgIpc) is 2.50. The van der Waals surface area contributed by atoms with Gasteiger partial charge in [-0.05, 0) is 51.8 Å². The zero-order chi connectivity index (χ0) is 19.0. The van der Waals surface area contributed by atoms with Crippen LogP contribution in [-0.4, -0.2) is 42.7 Å². The van der Waals surface area contributed by atoms with Crippen LogP contribution in [0, 0.1) is 0 Å². The van der Waals surface area contributed by atoms with Gasteiger partial charge in [-0.1, -0.05) is 12.1 Å². The summed E-state index contributed by atoms with van der Waals surface area (Å²) in [5.74, 6) is -0.333. The van der Waals surface area contributed by atoms with Gasteiger partial charge in [-0.2, -0.15) is 0 Å². The van der Waals surface area contributed by atoms with Gasteiger partial charge in [0.2, 0.25) is 0 Å². The molecule has 142 valence electrons. The van der Waals surface area contributed by atoms with Crippen LogP contribution in [0.3, 0.4) is 0 Å². The summed E-state index contributed by atoms with van der Waals surface area (Å²) in [5, 5.41) is 12.3. The van der Waals surface area contributed by atoms with E-state index < -0.39 is 19.6 Å². The monoisotopic (exact) mass is 373 g/mol. The number of phenolic OH excluding ortho intramolecular Hbond substituents is 1. The fourth-order valence-electron chi connectivity index (χ4n) is 2.21. The molecule has 0 amide bonds. The molecular formula is C17H28NO6P. The predicted octanol–water partition coefficient (Wildman–Crippen LogP) is 3.07. The van der Waals surface area contributed by atoms with E-state index >= 15 is 0 Å². The second-order valence-corrected chi connectivity index (χ2v) is 8.19. The lowest BCUT2D eigenvalue weighted by molar-refractivity contribution is -0.143. The highest BCUT2D eigenvalue weighted by Gasteiger charge is 2.30. The second-order valence-electron chi connectivity index (χ2n) is 6.23. The van der Waals surface area contributed by atoms with Gasteiger partial charge >= 0.3 is 13.6 Å². The van der Waals surface area contributed by atoms with Crippen molar-refractivity contribution in [3.8, 4) is 5.75 Å². The second kappa shape index (κ2) is 9.92. The quantitative estimate of drug-likeness (QED) is 0.481. The maximum atomic E-state index is 12.9. The lowest BCUT2D eigenvalue weighted by atomic mass is 10.1. The van der Waals surface area contributed by atoms with Gasteiger partial charge in [0, 0.05) is 0 Å². The first kappa shape index (κ1) is 21.6. The average molecular weight is 373 g/mol. The molecule has 0 aliphatic carbocycles. The van der Waals surface area contributed by atoms with Crippen LogP contribution < -0.4 is 5.32 Å². The molecule has 25 heavy (non-hydrogen) atoms. The van der Waals surface area contributed by atoms with E-state index in [1.165, 1.54) is 19.2 Å². The van der Waals surface area contributed by atoms with Gasteiger partial charge in [-0.15, -0.1) is 0 Å². The van der Waals surface area contributed by atoms with Gasteiger partial charge in [-0.3, -0.25) is 14.7 Å². The van der Waals surface area contributed by atoms with E-state index in [4.69, 9.17) is 13.8 Å². The minimum Gasteiger partial charge on any atom is -0.508 e. The SMILES string of the molecule is COC(=O)[C@H](Cc1ccc(O)cc1)NCP(=O)(OC(C)C)OC(C)C. The smallest absolute Gasteiger partial charge is 0.344 e. The number of carbonyl (C=O) groups excluding carboxylic acids is 1. The van der Waals surface area contributed by atoms with E-state index in [9.17, 15) is 14.5 Å². The fourth-order valence-corrected chi connectivity index (χ4v) is 4.14. The van der Waals surface area contributed by atoms with Crippen molar-refractivity contribution >= 4 is 13.6 Å². The summed E-state index contributed by atoms with van der Waals surface area (Å²) in [6, 6.07) is 5.79. The Morgan fingerprint density at radius 1 is 1.12 bits per heavy atom. The van der Waals surface area contributed by atoms with E-state index in [0.717, 1.165) is 5.56 Å². The number of aromatic hydroxyl groups is 1. The Balaban J connectivity index is 2.83. The highest BCUT2D eigenvalue weighted by Crippen LogP contribution is 2.49. The van der Waals surface area contributed by atoms with Crippen LogP contribution in [0.2, 0.25) is 0 Å². The Bertz CT molecular complexity index is 573. The van der Waals surface area contributed by atoms with E-state index in [2.05, 4.69) is 5.32 Å². The molecule has 0 heterocycles. The van der Waals surface area contributed by atoms with E-state index in [-0.39, 0.29) is 24.2 Å². The molecule has 0 saturated carbocycles. The third-order valence-electron chi connectivity index (χ3n) is 3.14. The largest absolute Gasteiger partial charge is 0.508 e. The number of rotatable bonds is 10. The molecule has 1 atom stereocenters. The first-order valence-corrected chi connectivity index (χ1v) is 9.93. The number of hydrogen-bond acceptors (Lipinski definition) is 7. The van der Waals surface area contributed by atoms with Crippen molar-refractivity contribution in [3.63, 3.8) is 0 Å². The lowest BCUT2D eigenvalue weighted by Gasteiger charge is -2.25. The maximum absolute atomic E-state index is 12.9. The van der Waals surface area contributed by atoms with Crippen molar-refractivity contribution in [1.82, 2.24) is 5.32 Å². The molecule has 1 aromatic rings. The first-order valence-electron chi connectivity index (χ1n) is 8.20. The number of methoxy groups -OCH3 is 1. The molecule has 8 heteroatoms. The Kier molecular flexibility index (Phi) is 8.59. The molecule has 1 rings (SSSR count). The molecule has 2 N–H and O–H groups in total. The zero-order valence-electron chi connectivity index (χ0n) is 15.4. The minimum absolute atomic E-state index is 0.110. The molecule has 7 nitrogen and oxygen atoms in total. The van der Waals surface area contributed by atoms with Gasteiger partial charge in [0.1, 0.15) is 11.8 Å². The van der Waals surface area contributed by atoms with Crippen LogP contribution in [0.1, 0.15) is 33.3 Å². The lowest BCUT2D eigenvalue weighted by Crippen LogP contribution is -2.40. The van der Waals surface area contributed by atoms with Crippen molar-refractivity contribution in [2.24, 2.45) is 0 Å². The summed E-state index contributed by atoms with van der Waals surface area (Å²) in [6.07, 6.45) is -0.350. The number of benzene rings is 1. The number of hydrogen-bond donors (Lipinski definition) is 2. The molecule has 0 aliphatic heterocycles. The summed E-state index contributed by atoms with van der Waals surface area (Å²) >= 11 is 0. The van der Waals surface area contributed by atoms with Gasteiger partial charge in [0.15, 0.2) is 0 Å². The third kappa shape index (κ3) is 8.01. The molecule has 0 aromatic heterocycles. The van der Waals surface area contributed by atoms with Gasteiger partial charge in [0.25, 0.3) is 0 Å². The van der Waals surface area contributed by atoms with Crippen LogP contribution in [0.25, 0.3) is 0 Å². The number of esters is 1. The van der Waals surface area contributed by atoms with E-state index in [0.29, 0.717) is 6.42 Å².